The standard InChI is InChI=1S/C27H20ClFN6O3S/c28-22-6-4-19(39-22)14-32-23-13-21(33-35(23)27(38)18-3-1-2-17(12-18)26(30)37)20-5-7-24(36)34(25(20)29)15-16-8-10-31-11-9-16/h1-13,32H,14-15H2,(H2,30,37). The van der Waals surface area contributed by atoms with Crippen molar-refractivity contribution in [3.05, 3.63) is 121 Å². The zero-order valence-corrected chi connectivity index (χ0v) is 21.7. The first kappa shape index (κ1) is 26.0. The van der Waals surface area contributed by atoms with Crippen LogP contribution in [0.2, 0.25) is 4.34 Å². The Balaban J connectivity index is 1.56. The highest BCUT2D eigenvalue weighted by molar-refractivity contribution is 7.16. The first-order valence-electron chi connectivity index (χ1n) is 11.6. The summed E-state index contributed by atoms with van der Waals surface area (Å²) in [5.74, 6) is -1.78. The van der Waals surface area contributed by atoms with E-state index in [1.165, 1.54) is 53.8 Å². The summed E-state index contributed by atoms with van der Waals surface area (Å²) in [5.41, 5.74) is 6.01. The molecular formula is C27H20ClFN6O3S. The maximum atomic E-state index is 15.7. The Labute approximate surface area is 230 Å². The molecule has 4 heterocycles. The maximum Gasteiger partial charge on any atom is 0.280 e. The van der Waals surface area contributed by atoms with Gasteiger partial charge in [0.25, 0.3) is 11.5 Å². The zero-order valence-electron chi connectivity index (χ0n) is 20.2. The second kappa shape index (κ2) is 11.0. The number of carbonyl (C=O) groups excluding carboxylic acids is 2. The van der Waals surface area contributed by atoms with Crippen LogP contribution in [0.3, 0.4) is 0 Å². The number of nitrogens with two attached hydrogens (primary N) is 1. The smallest absolute Gasteiger partial charge is 0.280 e. The molecule has 1 aromatic carbocycles. The first-order chi connectivity index (χ1) is 18.8. The van der Waals surface area contributed by atoms with Gasteiger partial charge in [0.05, 0.1) is 28.7 Å². The number of hydrogen-bond donors (Lipinski definition) is 2. The predicted octanol–water partition coefficient (Wildman–Crippen LogP) is 4.41. The summed E-state index contributed by atoms with van der Waals surface area (Å²) in [5, 5.41) is 7.54. The lowest BCUT2D eigenvalue weighted by molar-refractivity contribution is 0.0948. The number of nitrogens with one attached hydrogen (secondary N) is 1. The number of halogens is 2. The Morgan fingerprint density at radius 2 is 1.79 bits per heavy atom. The number of pyridine rings is 2. The lowest BCUT2D eigenvalue weighted by atomic mass is 10.1. The second-order valence-corrected chi connectivity index (χ2v) is 10.3. The Kier molecular flexibility index (Phi) is 7.35. The highest BCUT2D eigenvalue weighted by Gasteiger charge is 2.21. The highest BCUT2D eigenvalue weighted by Crippen LogP contribution is 2.27. The van der Waals surface area contributed by atoms with Crippen LogP contribution in [0.5, 0.6) is 0 Å². The Morgan fingerprint density at radius 3 is 2.51 bits per heavy atom. The zero-order chi connectivity index (χ0) is 27.5. The molecule has 0 aliphatic rings. The molecule has 0 spiro atoms. The predicted molar refractivity (Wildman–Crippen MR) is 147 cm³/mol. The largest absolute Gasteiger partial charge is 0.366 e. The molecule has 1 amide bonds. The molecule has 0 saturated heterocycles. The molecule has 3 N–H and O–H groups in total. The molecule has 5 rings (SSSR count). The van der Waals surface area contributed by atoms with Gasteiger partial charge < -0.3 is 11.1 Å². The van der Waals surface area contributed by atoms with Gasteiger partial charge in [-0.15, -0.1) is 11.3 Å². The van der Waals surface area contributed by atoms with Crippen molar-refractivity contribution in [1.29, 1.82) is 0 Å². The van der Waals surface area contributed by atoms with E-state index in [2.05, 4.69) is 15.4 Å². The summed E-state index contributed by atoms with van der Waals surface area (Å²) < 4.78 is 18.4. The highest BCUT2D eigenvalue weighted by atomic mass is 35.5. The second-order valence-electron chi connectivity index (χ2n) is 8.45. The van der Waals surface area contributed by atoms with E-state index in [-0.39, 0.29) is 34.7 Å². The monoisotopic (exact) mass is 562 g/mol. The van der Waals surface area contributed by atoms with Gasteiger partial charge in [-0.3, -0.25) is 23.9 Å². The Morgan fingerprint density at radius 1 is 1.03 bits per heavy atom. The van der Waals surface area contributed by atoms with E-state index in [4.69, 9.17) is 17.3 Å². The van der Waals surface area contributed by atoms with Crippen LogP contribution in [-0.4, -0.2) is 31.1 Å². The van der Waals surface area contributed by atoms with E-state index in [1.54, 1.807) is 30.6 Å². The van der Waals surface area contributed by atoms with Gasteiger partial charge in [0.1, 0.15) is 5.82 Å². The van der Waals surface area contributed by atoms with Crippen molar-refractivity contribution in [1.82, 2.24) is 19.3 Å². The van der Waals surface area contributed by atoms with Gasteiger partial charge in [0.15, 0.2) is 0 Å². The molecule has 0 bridgehead atoms. The van der Waals surface area contributed by atoms with Gasteiger partial charge in [-0.2, -0.15) is 14.2 Å². The van der Waals surface area contributed by atoms with E-state index in [9.17, 15) is 14.4 Å². The average Bonchev–Trinajstić information content (AvgIpc) is 3.56. The normalized spacial score (nSPS) is 10.9. The summed E-state index contributed by atoms with van der Waals surface area (Å²) in [6, 6.07) is 17.0. The number of benzene rings is 1. The van der Waals surface area contributed by atoms with Crippen molar-refractivity contribution in [2.45, 2.75) is 13.1 Å². The third-order valence-corrected chi connectivity index (χ3v) is 7.08. The first-order valence-corrected chi connectivity index (χ1v) is 12.8. The van der Waals surface area contributed by atoms with Crippen LogP contribution in [0.15, 0.2) is 83.9 Å². The SMILES string of the molecule is NC(=O)c1cccc(C(=O)n2nc(-c3ccc(=O)n(Cc4ccncc4)c3F)cc2NCc2ccc(Cl)s2)c1. The maximum absolute atomic E-state index is 15.7. The van der Waals surface area contributed by atoms with Crippen LogP contribution in [0.4, 0.5) is 10.2 Å². The van der Waals surface area contributed by atoms with Gasteiger partial charge in [0, 0.05) is 40.5 Å². The quantitative estimate of drug-likeness (QED) is 0.270. The molecule has 0 atom stereocenters. The molecular weight excluding hydrogens is 543 g/mol. The fourth-order valence-electron chi connectivity index (χ4n) is 3.91. The van der Waals surface area contributed by atoms with E-state index >= 15 is 4.39 Å². The Bertz CT molecular complexity index is 1750. The van der Waals surface area contributed by atoms with Crippen LogP contribution in [-0.2, 0) is 13.1 Å². The van der Waals surface area contributed by atoms with Gasteiger partial charge in [0.2, 0.25) is 11.9 Å². The number of hydrogen-bond acceptors (Lipinski definition) is 7. The number of nitrogens with zero attached hydrogens (tertiary/aromatic N) is 4. The molecule has 4 aromatic heterocycles. The van der Waals surface area contributed by atoms with Crippen molar-refractivity contribution in [2.24, 2.45) is 5.73 Å². The van der Waals surface area contributed by atoms with Crippen LogP contribution in [0.25, 0.3) is 11.3 Å². The molecule has 196 valence electrons. The molecule has 0 saturated carbocycles. The lowest BCUT2D eigenvalue weighted by Crippen LogP contribution is -2.23. The summed E-state index contributed by atoms with van der Waals surface area (Å²) >= 11 is 7.41. The number of primary amides is 1. The summed E-state index contributed by atoms with van der Waals surface area (Å²) in [4.78, 5) is 42.5. The van der Waals surface area contributed by atoms with Crippen molar-refractivity contribution in [2.75, 3.05) is 5.32 Å². The Hall–Kier alpha value is -4.61. The molecule has 39 heavy (non-hydrogen) atoms. The van der Waals surface area contributed by atoms with E-state index in [1.807, 2.05) is 6.07 Å². The minimum Gasteiger partial charge on any atom is -0.366 e. The molecule has 5 aromatic rings. The molecule has 12 heteroatoms. The third-order valence-electron chi connectivity index (χ3n) is 5.85. The van der Waals surface area contributed by atoms with Crippen molar-refractivity contribution in [3.63, 3.8) is 0 Å². The van der Waals surface area contributed by atoms with Crippen LogP contribution in [0.1, 0.15) is 31.2 Å². The number of rotatable bonds is 8. The van der Waals surface area contributed by atoms with Crippen molar-refractivity contribution in [3.8, 4) is 11.3 Å². The fourth-order valence-corrected chi connectivity index (χ4v) is 4.94. The van der Waals surface area contributed by atoms with Crippen molar-refractivity contribution < 1.29 is 14.0 Å². The van der Waals surface area contributed by atoms with Crippen LogP contribution in [0, 0.1) is 5.95 Å². The summed E-state index contributed by atoms with van der Waals surface area (Å²) in [7, 11) is 0. The molecule has 0 aliphatic heterocycles. The molecule has 9 nitrogen and oxygen atoms in total. The number of aromatic nitrogens is 4. The third kappa shape index (κ3) is 5.64. The summed E-state index contributed by atoms with van der Waals surface area (Å²) in [6.45, 7) is 0.311. The lowest BCUT2D eigenvalue weighted by Gasteiger charge is -2.10. The fraction of sp³-hybridized carbons (Fsp3) is 0.0741. The van der Waals surface area contributed by atoms with E-state index < -0.39 is 23.3 Å². The van der Waals surface area contributed by atoms with E-state index in [0.717, 1.165) is 14.1 Å². The van der Waals surface area contributed by atoms with Gasteiger partial charge in [-0.05, 0) is 54.1 Å². The molecule has 0 aliphatic carbocycles. The topological polar surface area (TPSA) is 125 Å². The van der Waals surface area contributed by atoms with Crippen LogP contribution >= 0.6 is 22.9 Å². The minimum absolute atomic E-state index is 0.00911. The molecule has 0 fully saturated rings. The minimum atomic E-state index is -0.802. The van der Waals surface area contributed by atoms with E-state index in [0.29, 0.717) is 16.4 Å². The summed E-state index contributed by atoms with van der Waals surface area (Å²) in [6.07, 6.45) is 3.11. The number of anilines is 1. The molecule has 0 radical (unpaired) electrons. The van der Waals surface area contributed by atoms with Gasteiger partial charge in [-0.25, -0.2) is 0 Å². The van der Waals surface area contributed by atoms with Gasteiger partial charge >= 0.3 is 0 Å². The number of carbonyl (C=O) groups is 2. The average molecular weight is 563 g/mol. The number of thiophene rings is 1. The van der Waals surface area contributed by atoms with Crippen LogP contribution < -0.4 is 16.6 Å². The number of amides is 1. The molecule has 0 unspecified atom stereocenters. The van der Waals surface area contributed by atoms with Crippen molar-refractivity contribution >= 4 is 40.6 Å². The van der Waals surface area contributed by atoms with Gasteiger partial charge in [-0.1, -0.05) is 17.7 Å².